The molecule has 0 aliphatic carbocycles. The summed E-state index contributed by atoms with van der Waals surface area (Å²) in [5, 5.41) is 7.05. The number of aryl methyl sites for hydroxylation is 1. The predicted octanol–water partition coefficient (Wildman–Crippen LogP) is 5.19. The van der Waals surface area contributed by atoms with Crippen molar-refractivity contribution in [2.24, 2.45) is 0 Å². The number of nitrogens with zero attached hydrogens (tertiary/aromatic N) is 3. The van der Waals surface area contributed by atoms with Gasteiger partial charge in [0.2, 0.25) is 5.91 Å². The molecule has 1 amide bonds. The summed E-state index contributed by atoms with van der Waals surface area (Å²) in [7, 11) is 1.59. The highest BCUT2D eigenvalue weighted by Gasteiger charge is 2.41. The zero-order valence-electron chi connectivity index (χ0n) is 20.8. The van der Waals surface area contributed by atoms with Crippen LogP contribution in [0.1, 0.15) is 35.6 Å². The van der Waals surface area contributed by atoms with E-state index in [4.69, 9.17) is 17.0 Å². The zero-order valence-corrected chi connectivity index (χ0v) is 21.6. The van der Waals surface area contributed by atoms with E-state index in [2.05, 4.69) is 56.3 Å². The summed E-state index contributed by atoms with van der Waals surface area (Å²) in [6.45, 7) is 2.54. The minimum absolute atomic E-state index is 0.109. The number of rotatable bonds is 8. The molecule has 0 spiro atoms. The molecule has 37 heavy (non-hydrogen) atoms. The van der Waals surface area contributed by atoms with E-state index >= 15 is 0 Å². The molecule has 1 aliphatic heterocycles. The lowest BCUT2D eigenvalue weighted by molar-refractivity contribution is -0.116. The van der Waals surface area contributed by atoms with Crippen LogP contribution in [0.2, 0.25) is 0 Å². The van der Waals surface area contributed by atoms with Gasteiger partial charge >= 0.3 is 0 Å². The molecule has 0 unspecified atom stereocenters. The maximum absolute atomic E-state index is 13.0. The number of anilines is 1. The van der Waals surface area contributed by atoms with Gasteiger partial charge in [-0.1, -0.05) is 36.4 Å². The third kappa shape index (κ3) is 5.06. The Balaban J connectivity index is 1.46. The number of ether oxygens (including phenoxy) is 1. The van der Waals surface area contributed by atoms with E-state index in [0.717, 1.165) is 22.8 Å². The Bertz CT molecular complexity index is 1390. The Morgan fingerprint density at radius 1 is 1.03 bits per heavy atom. The van der Waals surface area contributed by atoms with Gasteiger partial charge in [0, 0.05) is 36.2 Å². The third-order valence-electron chi connectivity index (χ3n) is 6.58. The van der Waals surface area contributed by atoms with E-state index < -0.39 is 0 Å². The first kappa shape index (κ1) is 24.5. The van der Waals surface area contributed by atoms with E-state index in [1.165, 1.54) is 0 Å². The largest absolute Gasteiger partial charge is 0.495 e. The summed E-state index contributed by atoms with van der Waals surface area (Å²) in [4.78, 5) is 19.7. The van der Waals surface area contributed by atoms with Crippen LogP contribution in [0.5, 0.6) is 5.75 Å². The van der Waals surface area contributed by atoms with E-state index in [1.54, 1.807) is 13.3 Å². The Morgan fingerprint density at radius 2 is 1.78 bits per heavy atom. The minimum Gasteiger partial charge on any atom is -0.495 e. The van der Waals surface area contributed by atoms with Crippen LogP contribution in [0.15, 0.2) is 91.1 Å². The highest BCUT2D eigenvalue weighted by molar-refractivity contribution is 7.80. The van der Waals surface area contributed by atoms with Crippen molar-refractivity contribution in [2.45, 2.75) is 25.4 Å². The molecular formula is C29H29N5O2S. The van der Waals surface area contributed by atoms with Crippen LogP contribution in [-0.2, 0) is 4.79 Å². The molecule has 3 heterocycles. The monoisotopic (exact) mass is 511 g/mol. The normalized spacial score (nSPS) is 16.9. The van der Waals surface area contributed by atoms with Gasteiger partial charge in [-0.25, -0.2) is 0 Å². The SMILES string of the molecule is COc1ccccc1NC(=O)CCN1C(=S)N[C@@H](c2ccccn2)[C@H]1c1ccc(C)n1-c1ccccc1. The molecule has 0 radical (unpaired) electrons. The number of thiocarbonyl (C=S) groups is 1. The van der Waals surface area contributed by atoms with Crippen LogP contribution in [-0.4, -0.2) is 39.1 Å². The van der Waals surface area contributed by atoms with Crippen LogP contribution in [0.4, 0.5) is 5.69 Å². The predicted molar refractivity (Wildman–Crippen MR) is 149 cm³/mol. The molecule has 1 fully saturated rings. The molecule has 188 valence electrons. The Hall–Kier alpha value is -4.17. The van der Waals surface area contributed by atoms with Crippen LogP contribution in [0, 0.1) is 6.92 Å². The Morgan fingerprint density at radius 3 is 2.54 bits per heavy atom. The first-order valence-electron chi connectivity index (χ1n) is 12.2. The lowest BCUT2D eigenvalue weighted by atomic mass is 10.0. The first-order valence-corrected chi connectivity index (χ1v) is 12.6. The lowest BCUT2D eigenvalue weighted by Gasteiger charge is -2.29. The number of aromatic nitrogens is 2. The van der Waals surface area contributed by atoms with Crippen LogP contribution in [0.3, 0.4) is 0 Å². The molecule has 0 bridgehead atoms. The van der Waals surface area contributed by atoms with Crippen LogP contribution < -0.4 is 15.4 Å². The molecule has 1 saturated heterocycles. The number of carbonyl (C=O) groups is 1. The Labute approximate surface area is 222 Å². The number of carbonyl (C=O) groups excluding carboxylic acids is 1. The second-order valence-electron chi connectivity index (χ2n) is 8.89. The number of methoxy groups -OCH3 is 1. The number of hydrogen-bond acceptors (Lipinski definition) is 4. The quantitative estimate of drug-likeness (QED) is 0.317. The summed E-state index contributed by atoms with van der Waals surface area (Å²) >= 11 is 5.81. The van der Waals surface area contributed by atoms with Crippen molar-refractivity contribution in [1.82, 2.24) is 19.8 Å². The molecule has 5 rings (SSSR count). The van der Waals surface area contributed by atoms with Gasteiger partial charge in [0.15, 0.2) is 5.11 Å². The molecule has 7 nitrogen and oxygen atoms in total. The van der Waals surface area contributed by atoms with Gasteiger partial charge in [0.1, 0.15) is 5.75 Å². The zero-order chi connectivity index (χ0) is 25.8. The third-order valence-corrected chi connectivity index (χ3v) is 6.93. The summed E-state index contributed by atoms with van der Waals surface area (Å²) in [5.74, 6) is 0.514. The van der Waals surface area contributed by atoms with E-state index in [9.17, 15) is 4.79 Å². The lowest BCUT2D eigenvalue weighted by Crippen LogP contribution is -2.33. The van der Waals surface area contributed by atoms with Crippen molar-refractivity contribution in [1.29, 1.82) is 0 Å². The maximum atomic E-state index is 13.0. The van der Waals surface area contributed by atoms with Gasteiger partial charge in [0.05, 0.1) is 30.6 Å². The molecule has 2 aromatic carbocycles. The highest BCUT2D eigenvalue weighted by atomic mass is 32.1. The smallest absolute Gasteiger partial charge is 0.226 e. The average molecular weight is 512 g/mol. The van der Waals surface area contributed by atoms with Gasteiger partial charge in [-0.15, -0.1) is 0 Å². The van der Waals surface area contributed by atoms with E-state index in [-0.39, 0.29) is 24.4 Å². The fraction of sp³-hybridized carbons (Fsp3) is 0.207. The van der Waals surface area contributed by atoms with Gasteiger partial charge in [-0.05, 0) is 67.7 Å². The summed E-state index contributed by atoms with van der Waals surface area (Å²) in [5.41, 5.74) is 4.82. The fourth-order valence-electron chi connectivity index (χ4n) is 4.87. The molecule has 2 aromatic heterocycles. The molecule has 2 atom stereocenters. The number of pyridine rings is 1. The standard InChI is InChI=1S/C29H29N5O2S/c1-20-15-16-24(34(20)21-10-4-3-5-11-21)28-27(23-13-8-9-18-30-23)32-29(37)33(28)19-17-26(35)31-22-12-6-7-14-25(22)36-2/h3-16,18,27-28H,17,19H2,1-2H3,(H,31,35)(H,32,37)/t27-,28+/m0/s1. The maximum Gasteiger partial charge on any atom is 0.226 e. The van der Waals surface area contributed by atoms with Gasteiger partial charge in [-0.3, -0.25) is 9.78 Å². The number of hydrogen-bond donors (Lipinski definition) is 2. The Kier molecular flexibility index (Phi) is 7.18. The molecule has 0 saturated carbocycles. The van der Waals surface area contributed by atoms with Gasteiger partial charge in [-0.2, -0.15) is 0 Å². The van der Waals surface area contributed by atoms with E-state index in [1.807, 2.05) is 60.7 Å². The number of amides is 1. The van der Waals surface area contributed by atoms with Gasteiger partial charge in [0.25, 0.3) is 0 Å². The molecule has 8 heteroatoms. The molecular weight excluding hydrogens is 482 g/mol. The van der Waals surface area contributed by atoms with Crippen molar-refractivity contribution in [3.8, 4) is 11.4 Å². The van der Waals surface area contributed by atoms with Crippen LogP contribution in [0.25, 0.3) is 5.69 Å². The number of benzene rings is 2. The van der Waals surface area contributed by atoms with Crippen LogP contribution >= 0.6 is 12.2 Å². The molecule has 4 aromatic rings. The topological polar surface area (TPSA) is 71.4 Å². The van der Waals surface area contributed by atoms with Crippen molar-refractivity contribution in [2.75, 3.05) is 19.0 Å². The van der Waals surface area contributed by atoms with Crippen molar-refractivity contribution < 1.29 is 9.53 Å². The van der Waals surface area contributed by atoms with Gasteiger partial charge < -0.3 is 24.8 Å². The first-order chi connectivity index (χ1) is 18.1. The number of para-hydroxylation sites is 3. The van der Waals surface area contributed by atoms with Crippen molar-refractivity contribution in [3.05, 3.63) is 108 Å². The average Bonchev–Trinajstić information content (AvgIpc) is 3.47. The number of nitrogens with one attached hydrogen (secondary N) is 2. The molecule has 1 aliphatic rings. The second kappa shape index (κ2) is 10.8. The highest BCUT2D eigenvalue weighted by Crippen LogP contribution is 2.40. The minimum atomic E-state index is -0.164. The fourth-order valence-corrected chi connectivity index (χ4v) is 5.20. The van der Waals surface area contributed by atoms with Crippen molar-refractivity contribution >= 4 is 28.9 Å². The summed E-state index contributed by atoms with van der Waals surface area (Å²) < 4.78 is 7.62. The summed E-state index contributed by atoms with van der Waals surface area (Å²) in [6, 6.07) is 27.5. The second-order valence-corrected chi connectivity index (χ2v) is 9.28. The molecule has 2 N–H and O–H groups in total. The van der Waals surface area contributed by atoms with E-state index in [0.29, 0.717) is 23.1 Å². The van der Waals surface area contributed by atoms with Crippen molar-refractivity contribution in [3.63, 3.8) is 0 Å². The summed E-state index contributed by atoms with van der Waals surface area (Å²) in [6.07, 6.45) is 2.05.